The van der Waals surface area contributed by atoms with Gasteiger partial charge in [0.2, 0.25) is 11.8 Å². The minimum atomic E-state index is -0.417. The van der Waals surface area contributed by atoms with Gasteiger partial charge in [-0.15, -0.1) is 0 Å². The van der Waals surface area contributed by atoms with Crippen LogP contribution >= 0.6 is 12.2 Å². The maximum absolute atomic E-state index is 11.5. The van der Waals surface area contributed by atoms with Gasteiger partial charge in [0.1, 0.15) is 11.0 Å². The number of anilines is 1. The van der Waals surface area contributed by atoms with Crippen LogP contribution in [-0.2, 0) is 9.59 Å². The van der Waals surface area contributed by atoms with Crippen LogP contribution in [0.25, 0.3) is 0 Å². The lowest BCUT2D eigenvalue weighted by Gasteiger charge is -2.22. The first-order chi connectivity index (χ1) is 8.56. The molecule has 1 unspecified atom stereocenters. The first kappa shape index (κ1) is 12.4. The molecule has 2 heterocycles. The number of imide groups is 1. The van der Waals surface area contributed by atoms with Crippen molar-refractivity contribution in [2.45, 2.75) is 18.9 Å². The summed E-state index contributed by atoms with van der Waals surface area (Å²) < 4.78 is 0. The van der Waals surface area contributed by atoms with E-state index in [9.17, 15) is 9.59 Å². The van der Waals surface area contributed by atoms with E-state index in [1.807, 2.05) is 0 Å². The van der Waals surface area contributed by atoms with Crippen molar-refractivity contribution in [3.8, 4) is 0 Å². The lowest BCUT2D eigenvalue weighted by Crippen LogP contribution is -2.47. The predicted molar refractivity (Wildman–Crippen MR) is 69.9 cm³/mol. The van der Waals surface area contributed by atoms with Gasteiger partial charge in [0.15, 0.2) is 0 Å². The summed E-state index contributed by atoms with van der Waals surface area (Å²) in [5.74, 6) is -0.551. The van der Waals surface area contributed by atoms with E-state index in [0.717, 1.165) is 0 Å². The quantitative estimate of drug-likeness (QED) is 0.522. The van der Waals surface area contributed by atoms with Crippen LogP contribution in [0.1, 0.15) is 18.5 Å². The number of carbonyl (C=O) groups is 2. The van der Waals surface area contributed by atoms with Crippen LogP contribution in [0.15, 0.2) is 18.3 Å². The molecular formula is C11H12N4O2S. The Balaban J connectivity index is 2.03. The largest absolute Gasteiger partial charge is 0.388 e. The van der Waals surface area contributed by atoms with Crippen LogP contribution in [-0.4, -0.2) is 27.8 Å². The van der Waals surface area contributed by atoms with Gasteiger partial charge in [0.05, 0.1) is 17.6 Å². The van der Waals surface area contributed by atoms with Gasteiger partial charge >= 0.3 is 0 Å². The molecule has 0 radical (unpaired) electrons. The van der Waals surface area contributed by atoms with Crippen molar-refractivity contribution in [3.05, 3.63) is 24.0 Å². The smallest absolute Gasteiger partial charge is 0.249 e. The van der Waals surface area contributed by atoms with Crippen molar-refractivity contribution in [3.63, 3.8) is 0 Å². The molecule has 1 atom stereocenters. The zero-order chi connectivity index (χ0) is 13.1. The van der Waals surface area contributed by atoms with E-state index in [1.165, 1.54) is 0 Å². The molecule has 1 aliphatic heterocycles. The molecule has 0 saturated carbocycles. The number of rotatable bonds is 3. The van der Waals surface area contributed by atoms with Crippen molar-refractivity contribution in [2.75, 3.05) is 5.32 Å². The number of pyridine rings is 1. The zero-order valence-electron chi connectivity index (χ0n) is 9.47. The molecule has 0 spiro atoms. The number of amides is 2. The van der Waals surface area contributed by atoms with E-state index >= 15 is 0 Å². The Morgan fingerprint density at radius 3 is 2.83 bits per heavy atom. The van der Waals surface area contributed by atoms with Crippen molar-refractivity contribution < 1.29 is 9.59 Å². The number of hydrogen-bond acceptors (Lipinski definition) is 5. The number of nitrogens with two attached hydrogens (primary N) is 1. The highest BCUT2D eigenvalue weighted by Crippen LogP contribution is 2.13. The highest BCUT2D eigenvalue weighted by Gasteiger charge is 2.26. The zero-order valence-corrected chi connectivity index (χ0v) is 10.3. The highest BCUT2D eigenvalue weighted by atomic mass is 32.1. The van der Waals surface area contributed by atoms with Crippen molar-refractivity contribution in [2.24, 2.45) is 5.73 Å². The predicted octanol–water partition coefficient (Wildman–Crippen LogP) is -0.0671. The molecule has 6 nitrogen and oxygen atoms in total. The number of nitrogens with zero attached hydrogens (tertiary/aromatic N) is 1. The molecule has 1 saturated heterocycles. The molecule has 2 amide bonds. The minimum Gasteiger partial charge on any atom is -0.388 e. The van der Waals surface area contributed by atoms with Crippen molar-refractivity contribution in [1.29, 1.82) is 0 Å². The molecule has 1 aromatic heterocycles. The molecule has 1 aliphatic rings. The summed E-state index contributed by atoms with van der Waals surface area (Å²) in [6, 6.07) is 3.00. The lowest BCUT2D eigenvalue weighted by atomic mass is 10.1. The standard InChI is InChI=1S/C11H12N4O2S/c12-10(18)7-2-1-6(5-13-7)14-8-3-4-9(16)15-11(8)17/h1-2,5,8,14H,3-4H2,(H2,12,18)(H,15,16,17). The number of nitrogens with one attached hydrogen (secondary N) is 2. The van der Waals surface area contributed by atoms with Gasteiger partial charge in [0.25, 0.3) is 0 Å². The normalized spacial score (nSPS) is 19.2. The molecule has 0 aromatic carbocycles. The van der Waals surface area contributed by atoms with E-state index in [2.05, 4.69) is 15.6 Å². The van der Waals surface area contributed by atoms with Crippen LogP contribution in [0.4, 0.5) is 5.69 Å². The Hall–Kier alpha value is -2.02. The average molecular weight is 264 g/mol. The van der Waals surface area contributed by atoms with E-state index in [-0.39, 0.29) is 16.8 Å². The van der Waals surface area contributed by atoms with Crippen molar-refractivity contribution in [1.82, 2.24) is 10.3 Å². The topological polar surface area (TPSA) is 97.1 Å². The lowest BCUT2D eigenvalue weighted by molar-refractivity contribution is -0.133. The van der Waals surface area contributed by atoms with E-state index in [1.54, 1.807) is 18.3 Å². The van der Waals surface area contributed by atoms with Crippen LogP contribution in [0.2, 0.25) is 0 Å². The Morgan fingerprint density at radius 2 is 2.28 bits per heavy atom. The van der Waals surface area contributed by atoms with Gasteiger partial charge in [-0.2, -0.15) is 0 Å². The second-order valence-corrected chi connectivity index (χ2v) is 4.38. The monoisotopic (exact) mass is 264 g/mol. The molecule has 0 aliphatic carbocycles. The van der Waals surface area contributed by atoms with E-state index in [0.29, 0.717) is 24.2 Å². The summed E-state index contributed by atoms with van der Waals surface area (Å²) in [7, 11) is 0. The van der Waals surface area contributed by atoms with Crippen LogP contribution in [0.3, 0.4) is 0 Å². The summed E-state index contributed by atoms with van der Waals surface area (Å²) in [5, 5.41) is 5.28. The molecule has 1 fully saturated rings. The van der Waals surface area contributed by atoms with E-state index < -0.39 is 6.04 Å². The summed E-state index contributed by atoms with van der Waals surface area (Å²) in [5.41, 5.74) is 6.64. The second-order valence-electron chi connectivity index (χ2n) is 3.94. The van der Waals surface area contributed by atoms with Gasteiger partial charge in [-0.3, -0.25) is 19.9 Å². The average Bonchev–Trinajstić information content (AvgIpc) is 2.33. The fourth-order valence-electron chi connectivity index (χ4n) is 1.66. The molecule has 2 rings (SSSR count). The minimum absolute atomic E-state index is 0.225. The number of thiocarbonyl (C=S) groups is 1. The third-order valence-electron chi connectivity index (χ3n) is 2.60. The molecule has 18 heavy (non-hydrogen) atoms. The first-order valence-electron chi connectivity index (χ1n) is 5.42. The molecule has 4 N–H and O–H groups in total. The van der Waals surface area contributed by atoms with Gasteiger partial charge < -0.3 is 11.1 Å². The Morgan fingerprint density at radius 1 is 1.50 bits per heavy atom. The number of carbonyl (C=O) groups excluding carboxylic acids is 2. The summed E-state index contributed by atoms with van der Waals surface area (Å²) in [6.07, 6.45) is 2.36. The molecular weight excluding hydrogens is 252 g/mol. The summed E-state index contributed by atoms with van der Waals surface area (Å²) in [6.45, 7) is 0. The summed E-state index contributed by atoms with van der Waals surface area (Å²) in [4.78, 5) is 26.8. The van der Waals surface area contributed by atoms with Gasteiger partial charge in [-0.25, -0.2) is 0 Å². The Bertz CT molecular complexity index is 500. The Kier molecular flexibility index (Phi) is 3.52. The second kappa shape index (κ2) is 5.09. The molecule has 7 heteroatoms. The first-order valence-corrected chi connectivity index (χ1v) is 5.83. The SMILES string of the molecule is NC(=S)c1ccc(NC2CCC(=O)NC2=O)cn1. The molecule has 1 aromatic rings. The fourth-order valence-corrected chi connectivity index (χ4v) is 1.78. The van der Waals surface area contributed by atoms with Gasteiger partial charge in [0, 0.05) is 6.42 Å². The van der Waals surface area contributed by atoms with Crippen molar-refractivity contribution >= 4 is 34.7 Å². The van der Waals surface area contributed by atoms with Gasteiger partial charge in [-0.05, 0) is 18.6 Å². The van der Waals surface area contributed by atoms with Gasteiger partial charge in [-0.1, -0.05) is 12.2 Å². The maximum Gasteiger partial charge on any atom is 0.249 e. The number of aromatic nitrogens is 1. The Labute approximate surface area is 109 Å². The summed E-state index contributed by atoms with van der Waals surface area (Å²) >= 11 is 4.79. The maximum atomic E-state index is 11.5. The van der Waals surface area contributed by atoms with E-state index in [4.69, 9.17) is 18.0 Å². The fraction of sp³-hybridized carbons (Fsp3) is 0.273. The van der Waals surface area contributed by atoms with Crippen LogP contribution in [0.5, 0.6) is 0 Å². The highest BCUT2D eigenvalue weighted by molar-refractivity contribution is 7.80. The third kappa shape index (κ3) is 2.80. The van der Waals surface area contributed by atoms with Crippen LogP contribution in [0, 0.1) is 0 Å². The molecule has 94 valence electrons. The molecule has 0 bridgehead atoms. The third-order valence-corrected chi connectivity index (χ3v) is 2.81. The number of piperidine rings is 1. The van der Waals surface area contributed by atoms with Crippen LogP contribution < -0.4 is 16.4 Å². The number of hydrogen-bond donors (Lipinski definition) is 3.